The molecule has 0 aliphatic heterocycles. The zero-order valence-corrected chi connectivity index (χ0v) is 20.3. The fraction of sp³-hybridized carbons (Fsp3) is 0.321. The van der Waals surface area contributed by atoms with Gasteiger partial charge in [-0.2, -0.15) is 5.26 Å². The summed E-state index contributed by atoms with van der Waals surface area (Å²) in [6.07, 6.45) is 2.33. The monoisotopic (exact) mass is 472 g/mol. The van der Waals surface area contributed by atoms with Crippen LogP contribution in [-0.2, 0) is 27.8 Å². The van der Waals surface area contributed by atoms with Crippen molar-refractivity contribution in [2.75, 3.05) is 11.9 Å². The summed E-state index contributed by atoms with van der Waals surface area (Å²) in [6, 6.07) is 22.0. The van der Waals surface area contributed by atoms with Crippen molar-refractivity contribution >= 4 is 28.2 Å². The van der Waals surface area contributed by atoms with Gasteiger partial charge in [-0.3, -0.25) is 4.79 Å². The third-order valence-corrected chi connectivity index (χ3v) is 7.69. The molecule has 1 N–H and O–H groups in total. The Balaban J connectivity index is 1.70. The van der Waals surface area contributed by atoms with Gasteiger partial charge in [0.15, 0.2) is 0 Å². The number of carbonyl (C=O) groups is 2. The van der Waals surface area contributed by atoms with Gasteiger partial charge in [0.25, 0.3) is 0 Å². The molecule has 1 aliphatic rings. The third-order valence-electron chi connectivity index (χ3n) is 6.54. The van der Waals surface area contributed by atoms with E-state index in [1.54, 1.807) is 6.92 Å². The van der Waals surface area contributed by atoms with Crippen molar-refractivity contribution < 1.29 is 14.3 Å². The number of hydrogen-bond donors (Lipinski definition) is 1. The number of benzene rings is 2. The Kier molecular flexibility index (Phi) is 7.14. The molecule has 4 rings (SSSR count). The molecule has 1 amide bonds. The lowest BCUT2D eigenvalue weighted by Crippen LogP contribution is -2.31. The number of ether oxygens (including phenoxy) is 1. The third kappa shape index (κ3) is 4.49. The first-order chi connectivity index (χ1) is 16.5. The summed E-state index contributed by atoms with van der Waals surface area (Å²) < 4.78 is 5.36. The van der Waals surface area contributed by atoms with Gasteiger partial charge in [0.2, 0.25) is 5.91 Å². The van der Waals surface area contributed by atoms with E-state index in [9.17, 15) is 14.9 Å². The molecule has 0 saturated carbocycles. The number of hydrogen-bond acceptors (Lipinski definition) is 5. The van der Waals surface area contributed by atoms with E-state index in [1.165, 1.54) is 11.3 Å². The summed E-state index contributed by atoms with van der Waals surface area (Å²) in [5, 5.41) is 13.7. The summed E-state index contributed by atoms with van der Waals surface area (Å²) in [5.74, 6) is -0.891. The van der Waals surface area contributed by atoms with Gasteiger partial charge in [0.05, 0.1) is 29.6 Å². The van der Waals surface area contributed by atoms with E-state index < -0.39 is 11.4 Å². The van der Waals surface area contributed by atoms with Gasteiger partial charge in [-0.15, -0.1) is 11.3 Å². The molecule has 2 aromatic carbocycles. The number of fused-ring (bicyclic) bond motifs is 1. The van der Waals surface area contributed by atoms with Crippen LogP contribution in [0.4, 0.5) is 5.00 Å². The Labute approximate surface area is 204 Å². The Morgan fingerprint density at radius 3 is 2.41 bits per heavy atom. The van der Waals surface area contributed by atoms with Crippen molar-refractivity contribution in [1.29, 1.82) is 5.26 Å². The Morgan fingerprint density at radius 1 is 1.12 bits per heavy atom. The second-order valence-electron chi connectivity index (χ2n) is 8.53. The molecule has 6 heteroatoms. The number of esters is 1. The van der Waals surface area contributed by atoms with Gasteiger partial charge < -0.3 is 10.1 Å². The number of carbonyl (C=O) groups excluding carboxylic acids is 2. The quantitative estimate of drug-likeness (QED) is 0.427. The highest BCUT2D eigenvalue weighted by molar-refractivity contribution is 7.17. The largest absolute Gasteiger partial charge is 0.462 e. The van der Waals surface area contributed by atoms with Crippen LogP contribution >= 0.6 is 11.3 Å². The maximum absolute atomic E-state index is 13.3. The number of thiophene rings is 1. The zero-order valence-electron chi connectivity index (χ0n) is 19.5. The van der Waals surface area contributed by atoms with E-state index in [1.807, 2.05) is 67.6 Å². The number of nitrogens with zero attached hydrogens (tertiary/aromatic N) is 1. The minimum absolute atomic E-state index is 0.146. The topological polar surface area (TPSA) is 79.2 Å². The molecule has 1 heterocycles. The van der Waals surface area contributed by atoms with E-state index >= 15 is 0 Å². The van der Waals surface area contributed by atoms with E-state index in [0.29, 0.717) is 36.2 Å². The van der Waals surface area contributed by atoms with E-state index in [4.69, 9.17) is 4.74 Å². The van der Waals surface area contributed by atoms with Crippen molar-refractivity contribution in [1.82, 2.24) is 0 Å². The van der Waals surface area contributed by atoms with Gasteiger partial charge in [-0.25, -0.2) is 4.79 Å². The molecule has 0 radical (unpaired) electrons. The van der Waals surface area contributed by atoms with Crippen molar-refractivity contribution in [3.8, 4) is 6.07 Å². The van der Waals surface area contributed by atoms with E-state index in [2.05, 4.69) is 11.4 Å². The first-order valence-corrected chi connectivity index (χ1v) is 12.5. The van der Waals surface area contributed by atoms with Crippen LogP contribution in [0.25, 0.3) is 0 Å². The normalized spacial score (nSPS) is 17.8. The molecule has 0 saturated heterocycles. The average Bonchev–Trinajstić information content (AvgIpc) is 3.22. The van der Waals surface area contributed by atoms with E-state index in [0.717, 1.165) is 21.6 Å². The number of nitrogens with one attached hydrogen (secondary N) is 1. The van der Waals surface area contributed by atoms with E-state index in [-0.39, 0.29) is 18.4 Å². The molecule has 0 spiro atoms. The van der Waals surface area contributed by atoms with Crippen molar-refractivity contribution in [2.45, 2.75) is 50.9 Å². The molecule has 5 nitrogen and oxygen atoms in total. The molecule has 2 atom stereocenters. The molecule has 1 aliphatic carbocycles. The second kappa shape index (κ2) is 10.2. The zero-order chi connectivity index (χ0) is 24.1. The van der Waals surface area contributed by atoms with Crippen molar-refractivity contribution in [3.05, 3.63) is 87.8 Å². The molecule has 174 valence electrons. The minimum Gasteiger partial charge on any atom is -0.462 e. The molecule has 0 fully saturated rings. The van der Waals surface area contributed by atoms with Crippen LogP contribution in [0, 0.1) is 11.3 Å². The van der Waals surface area contributed by atoms with Crippen LogP contribution in [0.15, 0.2) is 60.7 Å². The number of anilines is 1. The summed E-state index contributed by atoms with van der Waals surface area (Å²) in [7, 11) is 0. The van der Waals surface area contributed by atoms with Crippen LogP contribution in [0.1, 0.15) is 64.5 Å². The van der Waals surface area contributed by atoms with Crippen LogP contribution in [0.3, 0.4) is 0 Å². The minimum atomic E-state index is -0.650. The first kappa shape index (κ1) is 23.7. The van der Waals surface area contributed by atoms with Gasteiger partial charge in [-0.1, -0.05) is 67.6 Å². The standard InChI is InChI=1S/C28H28N2O3S/c1-3-21(19-11-7-5-8-12-19)25(31)30-26-24(27(32)33-4-2)22-15-16-28(18-29,17-23(22)34-26)20-13-9-6-10-14-20/h5-14,21H,3-4,15-17H2,1-2H3,(H,30,31)/t21-,28-/m0/s1. The average molecular weight is 473 g/mol. The van der Waals surface area contributed by atoms with Gasteiger partial charge in [-0.05, 0) is 42.9 Å². The molecule has 34 heavy (non-hydrogen) atoms. The molecular formula is C28H28N2O3S. The predicted octanol–water partition coefficient (Wildman–Crippen LogP) is 6.01. The highest BCUT2D eigenvalue weighted by atomic mass is 32.1. The molecule has 3 aromatic rings. The summed E-state index contributed by atoms with van der Waals surface area (Å²) >= 11 is 1.40. The number of rotatable bonds is 7. The lowest BCUT2D eigenvalue weighted by molar-refractivity contribution is -0.117. The van der Waals surface area contributed by atoms with Crippen molar-refractivity contribution in [3.63, 3.8) is 0 Å². The first-order valence-electron chi connectivity index (χ1n) is 11.7. The Hall–Kier alpha value is -3.43. The fourth-order valence-electron chi connectivity index (χ4n) is 4.75. The highest BCUT2D eigenvalue weighted by Crippen LogP contribution is 2.45. The van der Waals surface area contributed by atoms with Crippen LogP contribution < -0.4 is 5.32 Å². The van der Waals surface area contributed by atoms with Crippen LogP contribution in [0.5, 0.6) is 0 Å². The smallest absolute Gasteiger partial charge is 0.341 e. The van der Waals surface area contributed by atoms with Gasteiger partial charge in [0, 0.05) is 11.3 Å². The second-order valence-corrected chi connectivity index (χ2v) is 9.63. The van der Waals surface area contributed by atoms with Crippen LogP contribution in [-0.4, -0.2) is 18.5 Å². The maximum atomic E-state index is 13.3. The lowest BCUT2D eigenvalue weighted by Gasteiger charge is -2.31. The Bertz CT molecular complexity index is 1210. The van der Waals surface area contributed by atoms with Gasteiger partial charge >= 0.3 is 5.97 Å². The number of nitriles is 1. The summed E-state index contributed by atoms with van der Waals surface area (Å²) in [6.45, 7) is 4.00. The molecular weight excluding hydrogens is 444 g/mol. The van der Waals surface area contributed by atoms with Crippen LogP contribution in [0.2, 0.25) is 0 Å². The number of amides is 1. The molecule has 0 unspecified atom stereocenters. The highest BCUT2D eigenvalue weighted by Gasteiger charge is 2.40. The lowest BCUT2D eigenvalue weighted by atomic mass is 9.70. The summed E-state index contributed by atoms with van der Waals surface area (Å²) in [4.78, 5) is 27.2. The Morgan fingerprint density at radius 2 is 1.79 bits per heavy atom. The summed E-state index contributed by atoms with van der Waals surface area (Å²) in [5.41, 5.74) is 2.61. The maximum Gasteiger partial charge on any atom is 0.341 e. The SMILES string of the molecule is CCOC(=O)c1c(NC(=O)[C@@H](CC)c2ccccc2)sc2c1CC[C@](C#N)(c1ccccc1)C2. The fourth-order valence-corrected chi connectivity index (χ4v) is 6.10. The molecule has 0 bridgehead atoms. The van der Waals surface area contributed by atoms with Gasteiger partial charge in [0.1, 0.15) is 5.00 Å². The predicted molar refractivity (Wildman–Crippen MR) is 134 cm³/mol. The van der Waals surface area contributed by atoms with Crippen molar-refractivity contribution in [2.24, 2.45) is 0 Å². The molecule has 1 aromatic heterocycles.